The zero-order chi connectivity index (χ0) is 27.8. The SMILES string of the molecule is CCC(c1ccccc1)(c1ccccc1)N(CCN1CCOCC1)C(=O)Nc1nc(-c2ccc(C#N)cc2)cs1. The molecule has 1 aromatic heterocycles. The molecule has 0 radical (unpaired) electrons. The number of nitriles is 1. The average molecular weight is 552 g/mol. The van der Waals surface area contributed by atoms with Crippen LogP contribution >= 0.6 is 11.3 Å². The van der Waals surface area contributed by atoms with Gasteiger partial charge >= 0.3 is 6.03 Å². The van der Waals surface area contributed by atoms with E-state index >= 15 is 0 Å². The van der Waals surface area contributed by atoms with Crippen molar-refractivity contribution >= 4 is 22.5 Å². The quantitative estimate of drug-likeness (QED) is 0.268. The van der Waals surface area contributed by atoms with Crippen molar-refractivity contribution < 1.29 is 9.53 Å². The van der Waals surface area contributed by atoms with Crippen molar-refractivity contribution in [2.24, 2.45) is 0 Å². The largest absolute Gasteiger partial charge is 0.379 e. The highest BCUT2D eigenvalue weighted by atomic mass is 32.1. The molecule has 2 heterocycles. The summed E-state index contributed by atoms with van der Waals surface area (Å²) in [6.45, 7) is 6.54. The van der Waals surface area contributed by atoms with E-state index in [9.17, 15) is 4.79 Å². The average Bonchev–Trinajstić information content (AvgIpc) is 3.49. The van der Waals surface area contributed by atoms with Crippen LogP contribution in [0.15, 0.2) is 90.3 Å². The van der Waals surface area contributed by atoms with Crippen molar-refractivity contribution in [3.8, 4) is 17.3 Å². The molecule has 1 aliphatic heterocycles. The number of morpholine rings is 1. The Morgan fingerprint density at radius 3 is 2.23 bits per heavy atom. The number of rotatable bonds is 9. The number of carbonyl (C=O) groups excluding carboxylic acids is 1. The number of nitrogens with zero attached hydrogens (tertiary/aromatic N) is 4. The first-order chi connectivity index (χ1) is 19.6. The molecule has 8 heteroatoms. The van der Waals surface area contributed by atoms with Crippen LogP contribution in [0.3, 0.4) is 0 Å². The van der Waals surface area contributed by atoms with Gasteiger partial charge in [0.05, 0.1) is 36.1 Å². The number of aromatic nitrogens is 1. The highest BCUT2D eigenvalue weighted by Gasteiger charge is 2.42. The predicted molar refractivity (Wildman–Crippen MR) is 159 cm³/mol. The Hall–Kier alpha value is -4.03. The van der Waals surface area contributed by atoms with Gasteiger partial charge in [-0.05, 0) is 29.7 Å². The van der Waals surface area contributed by atoms with Gasteiger partial charge in [-0.25, -0.2) is 9.78 Å². The van der Waals surface area contributed by atoms with Gasteiger partial charge in [-0.2, -0.15) is 5.26 Å². The van der Waals surface area contributed by atoms with Crippen LogP contribution in [0.2, 0.25) is 0 Å². The molecular weight excluding hydrogens is 518 g/mol. The van der Waals surface area contributed by atoms with Gasteiger partial charge in [-0.1, -0.05) is 79.7 Å². The molecule has 0 spiro atoms. The van der Waals surface area contributed by atoms with Crippen LogP contribution in [0.1, 0.15) is 30.0 Å². The lowest BCUT2D eigenvalue weighted by molar-refractivity contribution is 0.0305. The van der Waals surface area contributed by atoms with Gasteiger partial charge < -0.3 is 9.64 Å². The van der Waals surface area contributed by atoms with Gasteiger partial charge in [0.25, 0.3) is 0 Å². The predicted octanol–water partition coefficient (Wildman–Crippen LogP) is 6.20. The molecule has 0 aliphatic carbocycles. The van der Waals surface area contributed by atoms with E-state index < -0.39 is 5.54 Å². The second-order valence-corrected chi connectivity index (χ2v) is 10.6. The van der Waals surface area contributed by atoms with Gasteiger partial charge in [0.15, 0.2) is 5.13 Å². The summed E-state index contributed by atoms with van der Waals surface area (Å²) in [5.74, 6) is 0. The summed E-state index contributed by atoms with van der Waals surface area (Å²) < 4.78 is 5.55. The first-order valence-corrected chi connectivity index (χ1v) is 14.5. The maximum Gasteiger partial charge on any atom is 0.324 e. The summed E-state index contributed by atoms with van der Waals surface area (Å²) in [5, 5.41) is 14.7. The number of ether oxygens (including phenoxy) is 1. The zero-order valence-electron chi connectivity index (χ0n) is 22.6. The third-order valence-corrected chi connectivity index (χ3v) is 8.25. The molecule has 40 heavy (non-hydrogen) atoms. The van der Waals surface area contributed by atoms with Crippen LogP contribution in [0.5, 0.6) is 0 Å². The Morgan fingerprint density at radius 1 is 1.02 bits per heavy atom. The Balaban J connectivity index is 1.49. The molecule has 1 N–H and O–H groups in total. The molecule has 1 fully saturated rings. The van der Waals surface area contributed by atoms with Crippen molar-refractivity contribution in [1.29, 1.82) is 5.26 Å². The number of amides is 2. The lowest BCUT2D eigenvalue weighted by Gasteiger charge is -2.45. The molecule has 4 aromatic rings. The molecular formula is C32H33N5O2S. The van der Waals surface area contributed by atoms with Crippen LogP contribution in [0.4, 0.5) is 9.93 Å². The van der Waals surface area contributed by atoms with Crippen molar-refractivity contribution in [1.82, 2.24) is 14.8 Å². The van der Waals surface area contributed by atoms with E-state index in [0.29, 0.717) is 36.9 Å². The number of benzene rings is 3. The number of hydrogen-bond acceptors (Lipinski definition) is 6. The van der Waals surface area contributed by atoms with Gasteiger partial charge in [-0.3, -0.25) is 10.2 Å². The van der Waals surface area contributed by atoms with Crippen molar-refractivity contribution in [3.63, 3.8) is 0 Å². The van der Waals surface area contributed by atoms with E-state index in [1.807, 2.05) is 58.8 Å². The maximum atomic E-state index is 14.3. The second kappa shape index (κ2) is 12.9. The Kier molecular flexibility index (Phi) is 8.87. The fourth-order valence-corrected chi connectivity index (χ4v) is 6.08. The van der Waals surface area contributed by atoms with Crippen molar-refractivity contribution in [2.45, 2.75) is 18.9 Å². The molecule has 204 valence electrons. The van der Waals surface area contributed by atoms with E-state index in [1.54, 1.807) is 12.1 Å². The molecule has 7 nitrogen and oxygen atoms in total. The minimum absolute atomic E-state index is 0.191. The fraction of sp³-hybridized carbons (Fsp3) is 0.281. The standard InChI is InChI=1S/C32H33N5O2S/c1-2-32(27-9-5-3-6-10-27,28-11-7-4-8-12-28)37(18-17-36-19-21-39-22-20-36)31(38)35-30-34-29(24-40-30)26-15-13-25(23-33)14-16-26/h3-16,24H,2,17-22H2,1H3,(H,34,35,38). The second-order valence-electron chi connectivity index (χ2n) is 9.71. The Labute approximate surface area is 239 Å². The minimum Gasteiger partial charge on any atom is -0.379 e. The van der Waals surface area contributed by atoms with E-state index in [2.05, 4.69) is 47.5 Å². The van der Waals surface area contributed by atoms with Gasteiger partial charge in [0.1, 0.15) is 0 Å². The summed E-state index contributed by atoms with van der Waals surface area (Å²) in [7, 11) is 0. The molecule has 0 saturated carbocycles. The number of anilines is 1. The highest BCUT2D eigenvalue weighted by Crippen LogP contribution is 2.40. The summed E-state index contributed by atoms with van der Waals surface area (Å²) in [6, 6.07) is 29.8. The molecule has 0 unspecified atom stereocenters. The lowest BCUT2D eigenvalue weighted by atomic mass is 9.79. The topological polar surface area (TPSA) is 81.5 Å². The van der Waals surface area contributed by atoms with E-state index in [0.717, 1.165) is 42.0 Å². The van der Waals surface area contributed by atoms with E-state index in [-0.39, 0.29) is 6.03 Å². The van der Waals surface area contributed by atoms with E-state index in [1.165, 1.54) is 11.3 Å². The third kappa shape index (κ3) is 5.92. The molecule has 3 aromatic carbocycles. The fourth-order valence-electron chi connectivity index (χ4n) is 5.38. The summed E-state index contributed by atoms with van der Waals surface area (Å²) in [6.07, 6.45) is 0.700. The molecule has 1 aliphatic rings. The number of nitrogens with one attached hydrogen (secondary N) is 1. The van der Waals surface area contributed by atoms with Crippen molar-refractivity contribution in [3.05, 3.63) is 107 Å². The normalized spacial score (nSPS) is 13.9. The smallest absolute Gasteiger partial charge is 0.324 e. The Bertz CT molecular complexity index is 1390. The van der Waals surface area contributed by atoms with Crippen LogP contribution in [0, 0.1) is 11.3 Å². The summed E-state index contributed by atoms with van der Waals surface area (Å²) >= 11 is 1.39. The number of urea groups is 1. The van der Waals surface area contributed by atoms with Gasteiger partial charge in [0.2, 0.25) is 0 Å². The number of hydrogen-bond donors (Lipinski definition) is 1. The molecule has 1 saturated heterocycles. The number of carbonyl (C=O) groups is 1. The van der Waals surface area contributed by atoms with Crippen LogP contribution in [-0.2, 0) is 10.3 Å². The molecule has 0 atom stereocenters. The summed E-state index contributed by atoms with van der Waals surface area (Å²) in [4.78, 5) is 23.3. The van der Waals surface area contributed by atoms with Crippen molar-refractivity contribution in [2.75, 3.05) is 44.7 Å². The Morgan fingerprint density at radius 2 is 1.65 bits per heavy atom. The minimum atomic E-state index is -0.674. The lowest BCUT2D eigenvalue weighted by Crippen LogP contribution is -2.54. The number of thiazole rings is 1. The first-order valence-electron chi connectivity index (χ1n) is 13.6. The maximum absolute atomic E-state index is 14.3. The van der Waals surface area contributed by atoms with Gasteiger partial charge in [-0.15, -0.1) is 11.3 Å². The van der Waals surface area contributed by atoms with Gasteiger partial charge in [0, 0.05) is 37.1 Å². The van der Waals surface area contributed by atoms with Crippen LogP contribution in [0.25, 0.3) is 11.3 Å². The van der Waals surface area contributed by atoms with Crippen LogP contribution < -0.4 is 5.32 Å². The third-order valence-electron chi connectivity index (χ3n) is 7.49. The van der Waals surface area contributed by atoms with Crippen LogP contribution in [-0.4, -0.2) is 60.2 Å². The summed E-state index contributed by atoms with van der Waals surface area (Å²) in [5.41, 5.74) is 3.72. The first kappa shape index (κ1) is 27.5. The highest BCUT2D eigenvalue weighted by molar-refractivity contribution is 7.14. The molecule has 0 bridgehead atoms. The van der Waals surface area contributed by atoms with E-state index in [4.69, 9.17) is 15.0 Å². The zero-order valence-corrected chi connectivity index (χ0v) is 23.4. The molecule has 5 rings (SSSR count). The molecule has 2 amide bonds. The monoisotopic (exact) mass is 551 g/mol.